The molecule has 1 heterocycles. The predicted octanol–water partition coefficient (Wildman–Crippen LogP) is 0.833. The van der Waals surface area contributed by atoms with E-state index < -0.39 is 5.97 Å². The number of hydrogen-bond acceptors (Lipinski definition) is 5. The predicted molar refractivity (Wildman–Crippen MR) is 47.4 cm³/mol. The second-order valence-corrected chi connectivity index (χ2v) is 2.52. The zero-order valence-corrected chi connectivity index (χ0v) is 7.94. The Kier molecular flexibility index (Phi) is 3.13. The highest BCUT2D eigenvalue weighted by Gasteiger charge is 2.11. The van der Waals surface area contributed by atoms with Crippen LogP contribution < -0.4 is 0 Å². The van der Waals surface area contributed by atoms with Gasteiger partial charge in [-0.15, -0.1) is 0 Å². The van der Waals surface area contributed by atoms with E-state index in [0.717, 1.165) is 0 Å². The topological polar surface area (TPSA) is 75.9 Å². The summed E-state index contributed by atoms with van der Waals surface area (Å²) >= 11 is 0. The molecule has 0 unspecified atom stereocenters. The van der Waals surface area contributed by atoms with Gasteiger partial charge < -0.3 is 4.74 Å². The largest absolute Gasteiger partial charge is 0.462 e. The summed E-state index contributed by atoms with van der Waals surface area (Å²) < 4.78 is 4.78. The zero-order chi connectivity index (χ0) is 10.6. The van der Waals surface area contributed by atoms with E-state index in [0.29, 0.717) is 17.9 Å². The number of rotatable bonds is 2. The molecule has 72 valence electrons. The number of hydrogen-bond donors (Lipinski definition) is 0. The van der Waals surface area contributed by atoms with Gasteiger partial charge in [0.05, 0.1) is 17.9 Å². The van der Waals surface area contributed by atoms with Crippen molar-refractivity contribution in [1.29, 1.82) is 5.26 Å². The van der Waals surface area contributed by atoms with Crippen LogP contribution in [0.2, 0.25) is 0 Å². The first-order valence-corrected chi connectivity index (χ1v) is 4.10. The highest BCUT2D eigenvalue weighted by Crippen LogP contribution is 2.05. The molecule has 0 aliphatic carbocycles. The summed E-state index contributed by atoms with van der Waals surface area (Å²) in [6, 6.07) is 1.79. The molecular weight excluding hydrogens is 182 g/mol. The molecule has 0 aliphatic heterocycles. The molecule has 1 rings (SSSR count). The fourth-order valence-electron chi connectivity index (χ4n) is 0.930. The van der Waals surface area contributed by atoms with Gasteiger partial charge in [-0.05, 0) is 13.8 Å². The van der Waals surface area contributed by atoms with Gasteiger partial charge in [0.1, 0.15) is 6.07 Å². The first-order chi connectivity index (χ1) is 6.69. The second kappa shape index (κ2) is 4.33. The number of nitrogens with zero attached hydrogens (tertiary/aromatic N) is 3. The summed E-state index contributed by atoms with van der Waals surface area (Å²) in [6.07, 6.45) is 1.30. The van der Waals surface area contributed by atoms with E-state index in [2.05, 4.69) is 9.97 Å². The maximum Gasteiger partial charge on any atom is 0.341 e. The van der Waals surface area contributed by atoms with Crippen LogP contribution in [0.4, 0.5) is 0 Å². The summed E-state index contributed by atoms with van der Waals surface area (Å²) in [5, 5.41) is 8.50. The Morgan fingerprint density at radius 2 is 2.43 bits per heavy atom. The van der Waals surface area contributed by atoms with Crippen LogP contribution in [-0.4, -0.2) is 22.5 Å². The molecule has 0 N–H and O–H groups in total. The minimum Gasteiger partial charge on any atom is -0.462 e. The van der Waals surface area contributed by atoms with Gasteiger partial charge in [-0.25, -0.2) is 14.8 Å². The zero-order valence-electron chi connectivity index (χ0n) is 7.94. The molecule has 1 aromatic rings. The van der Waals surface area contributed by atoms with E-state index >= 15 is 0 Å². The minimum absolute atomic E-state index is 0.0514. The van der Waals surface area contributed by atoms with Gasteiger partial charge in [0.15, 0.2) is 0 Å². The van der Waals surface area contributed by atoms with Crippen LogP contribution in [-0.2, 0) is 4.74 Å². The molecule has 5 heteroatoms. The van der Waals surface area contributed by atoms with Crippen molar-refractivity contribution in [3.05, 3.63) is 23.3 Å². The van der Waals surface area contributed by atoms with E-state index in [1.165, 1.54) is 6.20 Å². The number of aromatic nitrogens is 2. The van der Waals surface area contributed by atoms with Gasteiger partial charge in [-0.3, -0.25) is 0 Å². The highest BCUT2D eigenvalue weighted by atomic mass is 16.5. The molecule has 0 aromatic carbocycles. The van der Waals surface area contributed by atoms with E-state index in [4.69, 9.17) is 10.00 Å². The molecule has 0 aliphatic rings. The lowest BCUT2D eigenvalue weighted by Gasteiger charge is -2.03. The molecule has 0 saturated heterocycles. The maximum absolute atomic E-state index is 11.3. The Hall–Kier alpha value is -1.96. The molecule has 5 nitrogen and oxygen atoms in total. The molecule has 0 amide bonds. The van der Waals surface area contributed by atoms with Crippen molar-refractivity contribution in [3.63, 3.8) is 0 Å². The molecule has 14 heavy (non-hydrogen) atoms. The van der Waals surface area contributed by atoms with Crippen molar-refractivity contribution < 1.29 is 9.53 Å². The summed E-state index contributed by atoms with van der Waals surface area (Å²) in [6.45, 7) is 3.66. The number of esters is 1. The average Bonchev–Trinajstić information content (AvgIpc) is 2.17. The van der Waals surface area contributed by atoms with Crippen LogP contribution in [0.1, 0.15) is 28.8 Å². The highest BCUT2D eigenvalue weighted by molar-refractivity contribution is 5.90. The summed E-state index contributed by atoms with van der Waals surface area (Å²) in [5.41, 5.74) is 0.751. The van der Waals surface area contributed by atoms with Gasteiger partial charge in [0, 0.05) is 6.20 Å². The van der Waals surface area contributed by atoms with E-state index in [1.807, 2.05) is 0 Å². The van der Waals surface area contributed by atoms with Crippen LogP contribution in [0, 0.1) is 18.3 Å². The third-order valence-corrected chi connectivity index (χ3v) is 1.57. The van der Waals surface area contributed by atoms with E-state index in [1.54, 1.807) is 19.9 Å². The number of carbonyl (C=O) groups excluding carboxylic acids is 1. The lowest BCUT2D eigenvalue weighted by atomic mass is 10.2. The Balaban J connectivity index is 3.01. The minimum atomic E-state index is -0.463. The summed E-state index contributed by atoms with van der Waals surface area (Å²) in [7, 11) is 0. The third kappa shape index (κ3) is 2.04. The van der Waals surface area contributed by atoms with Crippen molar-refractivity contribution in [2.24, 2.45) is 0 Å². The fraction of sp³-hybridized carbons (Fsp3) is 0.333. The lowest BCUT2D eigenvalue weighted by molar-refractivity contribution is 0.0524. The van der Waals surface area contributed by atoms with Gasteiger partial charge in [-0.2, -0.15) is 5.26 Å². The Labute approximate surface area is 81.4 Å². The normalized spacial score (nSPS) is 9.21. The quantitative estimate of drug-likeness (QED) is 0.647. The van der Waals surface area contributed by atoms with Gasteiger partial charge in [0.25, 0.3) is 0 Å². The molecule has 0 bridgehead atoms. The third-order valence-electron chi connectivity index (χ3n) is 1.57. The van der Waals surface area contributed by atoms with Crippen LogP contribution in [0.5, 0.6) is 0 Å². The first-order valence-electron chi connectivity index (χ1n) is 4.10. The lowest BCUT2D eigenvalue weighted by Crippen LogP contribution is -2.09. The van der Waals surface area contributed by atoms with Crippen LogP contribution >= 0.6 is 0 Å². The smallest absolute Gasteiger partial charge is 0.341 e. The van der Waals surface area contributed by atoms with Gasteiger partial charge >= 0.3 is 5.97 Å². The number of carbonyl (C=O) groups is 1. The molecular formula is C9H9N3O2. The SMILES string of the molecule is CCOC(=O)c1cnc(C#N)nc1C. The number of ether oxygens (including phenoxy) is 1. The maximum atomic E-state index is 11.3. The molecule has 0 fully saturated rings. The monoisotopic (exact) mass is 191 g/mol. The Morgan fingerprint density at radius 1 is 1.71 bits per heavy atom. The summed E-state index contributed by atoms with van der Waals surface area (Å²) in [5.74, 6) is -0.412. The van der Waals surface area contributed by atoms with Crippen LogP contribution in [0.15, 0.2) is 6.20 Å². The number of nitriles is 1. The van der Waals surface area contributed by atoms with Gasteiger partial charge in [0.2, 0.25) is 5.82 Å². The Bertz CT molecular complexity index is 396. The molecule has 0 saturated carbocycles. The molecule has 0 spiro atoms. The average molecular weight is 191 g/mol. The second-order valence-electron chi connectivity index (χ2n) is 2.52. The van der Waals surface area contributed by atoms with E-state index in [-0.39, 0.29) is 5.82 Å². The van der Waals surface area contributed by atoms with Crippen molar-refractivity contribution in [2.45, 2.75) is 13.8 Å². The first kappa shape index (κ1) is 10.1. The fourth-order valence-corrected chi connectivity index (χ4v) is 0.930. The van der Waals surface area contributed by atoms with Crippen molar-refractivity contribution in [1.82, 2.24) is 9.97 Å². The molecule has 0 atom stereocenters. The van der Waals surface area contributed by atoms with Crippen molar-refractivity contribution in [3.8, 4) is 6.07 Å². The molecule has 1 aromatic heterocycles. The van der Waals surface area contributed by atoms with Crippen molar-refractivity contribution in [2.75, 3.05) is 6.61 Å². The van der Waals surface area contributed by atoms with Crippen LogP contribution in [0.25, 0.3) is 0 Å². The summed E-state index contributed by atoms with van der Waals surface area (Å²) in [4.78, 5) is 18.8. The van der Waals surface area contributed by atoms with Crippen molar-refractivity contribution >= 4 is 5.97 Å². The van der Waals surface area contributed by atoms with Crippen LogP contribution in [0.3, 0.4) is 0 Å². The van der Waals surface area contributed by atoms with E-state index in [9.17, 15) is 4.79 Å². The standard InChI is InChI=1S/C9H9N3O2/c1-3-14-9(13)7-5-11-8(4-10)12-6(7)2/h5H,3H2,1-2H3. The Morgan fingerprint density at radius 3 is 2.93 bits per heavy atom. The molecule has 0 radical (unpaired) electrons. The van der Waals surface area contributed by atoms with Gasteiger partial charge in [-0.1, -0.05) is 0 Å². The number of aryl methyl sites for hydroxylation is 1.